The first-order chi connectivity index (χ1) is 24.2. The lowest BCUT2D eigenvalue weighted by atomic mass is 10.0. The predicted molar refractivity (Wildman–Crippen MR) is 187 cm³/mol. The molecule has 4 atom stereocenters. The van der Waals surface area contributed by atoms with E-state index in [-0.39, 0.29) is 9.79 Å². The highest BCUT2D eigenvalue weighted by Gasteiger charge is 2.41. The lowest BCUT2D eigenvalue weighted by Crippen LogP contribution is -2.51. The number of hydrogen-bond donors (Lipinski definition) is 2. The van der Waals surface area contributed by atoms with Crippen molar-refractivity contribution in [3.63, 3.8) is 0 Å². The van der Waals surface area contributed by atoms with Gasteiger partial charge in [0.25, 0.3) is 40.5 Å². The van der Waals surface area contributed by atoms with Crippen molar-refractivity contribution in [2.24, 2.45) is 0 Å². The molecule has 0 amide bonds. The Morgan fingerprint density at radius 3 is 0.846 bits per heavy atom. The summed E-state index contributed by atoms with van der Waals surface area (Å²) in [5, 5.41) is 22.8. The Labute approximate surface area is 304 Å². The van der Waals surface area contributed by atoms with E-state index >= 15 is 0 Å². The summed E-state index contributed by atoms with van der Waals surface area (Å²) in [6, 6.07) is 21.3. The largest absolute Gasteiger partial charge is 0.387 e. The van der Waals surface area contributed by atoms with Crippen molar-refractivity contribution < 1.29 is 60.6 Å². The van der Waals surface area contributed by atoms with Crippen LogP contribution in [0.25, 0.3) is 0 Å². The van der Waals surface area contributed by atoms with Crippen molar-refractivity contribution >= 4 is 40.5 Å². The standard InChI is InChI=1S/C34H38O14S4/c1-23-5-13-27(14-6-23)49(37,38)45-21-31(47-51(41,42)29-17-9-25(3)10-18-29)33(35)34(36)32(48-52(43,44)30-19-11-26(4)12-20-30)22-46-50(39,40)28-15-7-24(2)8-16-28/h5-20,31-36H,21-22H2,1-4H3/t31-,32+,33-,34+. The highest BCUT2D eigenvalue weighted by molar-refractivity contribution is 7.87. The van der Waals surface area contributed by atoms with Gasteiger partial charge in [-0.3, -0.25) is 16.7 Å². The number of hydrogen-bond acceptors (Lipinski definition) is 14. The number of aliphatic hydroxyl groups excluding tert-OH is 2. The molecule has 4 aromatic rings. The van der Waals surface area contributed by atoms with E-state index < -0.39 is 87.9 Å². The molecule has 0 aromatic heterocycles. The fraction of sp³-hybridized carbons (Fsp3) is 0.294. The fourth-order valence-electron chi connectivity index (χ4n) is 4.51. The maximum atomic E-state index is 13.3. The summed E-state index contributed by atoms with van der Waals surface area (Å²) in [5.41, 5.74) is 2.82. The average Bonchev–Trinajstić information content (AvgIpc) is 3.08. The average molecular weight is 799 g/mol. The first-order valence-corrected chi connectivity index (χ1v) is 21.1. The van der Waals surface area contributed by atoms with E-state index in [9.17, 15) is 43.9 Å². The maximum Gasteiger partial charge on any atom is 0.297 e. The molecule has 0 fully saturated rings. The minimum atomic E-state index is -4.81. The molecule has 2 N–H and O–H groups in total. The van der Waals surface area contributed by atoms with Crippen molar-refractivity contribution in [1.82, 2.24) is 0 Å². The number of aliphatic hydroxyl groups is 2. The summed E-state index contributed by atoms with van der Waals surface area (Å²) in [4.78, 5) is -1.47. The van der Waals surface area contributed by atoms with Gasteiger partial charge in [0.15, 0.2) is 0 Å². The van der Waals surface area contributed by atoms with Gasteiger partial charge >= 0.3 is 0 Å². The highest BCUT2D eigenvalue weighted by Crippen LogP contribution is 2.25. The van der Waals surface area contributed by atoms with Crippen molar-refractivity contribution in [2.45, 2.75) is 71.7 Å². The maximum absolute atomic E-state index is 13.3. The molecule has 0 aliphatic carbocycles. The van der Waals surface area contributed by atoms with Crippen LogP contribution in [0.2, 0.25) is 0 Å². The summed E-state index contributed by atoms with van der Waals surface area (Å²) in [6.07, 6.45) is -9.50. The third kappa shape index (κ3) is 10.8. The highest BCUT2D eigenvalue weighted by atomic mass is 32.2. The minimum Gasteiger partial charge on any atom is -0.387 e. The van der Waals surface area contributed by atoms with Gasteiger partial charge in [-0.2, -0.15) is 33.7 Å². The zero-order valence-corrected chi connectivity index (χ0v) is 31.7. The van der Waals surface area contributed by atoms with E-state index in [0.717, 1.165) is 11.1 Å². The molecule has 18 heteroatoms. The SMILES string of the molecule is Cc1ccc(S(=O)(=O)OC[C@H](OS(=O)(=O)c2ccc(C)cc2)[C@H](O)[C@H](O)[C@@H](COS(=O)(=O)c2ccc(C)cc2)OS(=O)(=O)c2ccc(C)cc2)cc1. The molecule has 0 saturated carbocycles. The molecular weight excluding hydrogens is 761 g/mol. The van der Waals surface area contributed by atoms with Crippen LogP contribution in [0.3, 0.4) is 0 Å². The normalized spacial score (nSPS) is 15.1. The lowest BCUT2D eigenvalue weighted by molar-refractivity contribution is -0.103. The van der Waals surface area contributed by atoms with Gasteiger partial charge in [-0.1, -0.05) is 70.8 Å². The van der Waals surface area contributed by atoms with Gasteiger partial charge < -0.3 is 10.2 Å². The van der Waals surface area contributed by atoms with Crippen LogP contribution in [0.5, 0.6) is 0 Å². The molecule has 52 heavy (non-hydrogen) atoms. The second kappa shape index (κ2) is 16.6. The number of aryl methyl sites for hydroxylation is 4. The Morgan fingerprint density at radius 2 is 0.615 bits per heavy atom. The first kappa shape index (κ1) is 41.2. The molecule has 0 aliphatic rings. The third-order valence-corrected chi connectivity index (χ3v) is 12.9. The van der Waals surface area contributed by atoms with Crippen LogP contribution >= 0.6 is 0 Å². The van der Waals surface area contributed by atoms with Gasteiger partial charge in [0.05, 0.1) is 32.8 Å². The van der Waals surface area contributed by atoms with Gasteiger partial charge in [0.1, 0.15) is 24.4 Å². The van der Waals surface area contributed by atoms with Crippen molar-refractivity contribution in [1.29, 1.82) is 0 Å². The Morgan fingerprint density at radius 1 is 0.404 bits per heavy atom. The summed E-state index contributed by atoms with van der Waals surface area (Å²) in [7, 11) is -18.8. The molecule has 4 aromatic carbocycles. The summed E-state index contributed by atoms with van der Waals surface area (Å²) < 4.78 is 126. The second-order valence-electron chi connectivity index (χ2n) is 11.9. The van der Waals surface area contributed by atoms with E-state index in [1.54, 1.807) is 27.7 Å². The molecule has 0 unspecified atom stereocenters. The van der Waals surface area contributed by atoms with Crippen molar-refractivity contribution in [3.05, 3.63) is 119 Å². The van der Waals surface area contributed by atoms with Gasteiger partial charge in [-0.15, -0.1) is 0 Å². The van der Waals surface area contributed by atoms with Crippen LogP contribution in [0.15, 0.2) is 117 Å². The number of rotatable bonds is 17. The van der Waals surface area contributed by atoms with Gasteiger partial charge in [-0.05, 0) is 76.2 Å². The van der Waals surface area contributed by atoms with Crippen LogP contribution in [-0.4, -0.2) is 81.5 Å². The van der Waals surface area contributed by atoms with E-state index in [0.29, 0.717) is 11.1 Å². The topological polar surface area (TPSA) is 214 Å². The lowest BCUT2D eigenvalue weighted by Gasteiger charge is -2.30. The second-order valence-corrected chi connectivity index (χ2v) is 18.3. The molecule has 0 spiro atoms. The fourth-order valence-corrected chi connectivity index (χ4v) is 8.50. The Balaban J connectivity index is 1.70. The number of benzene rings is 4. The summed E-state index contributed by atoms with van der Waals surface area (Å²) in [6.45, 7) is 4.36. The van der Waals surface area contributed by atoms with E-state index in [4.69, 9.17) is 16.7 Å². The van der Waals surface area contributed by atoms with Crippen molar-refractivity contribution in [3.8, 4) is 0 Å². The molecule has 0 heterocycles. The Kier molecular flexibility index (Phi) is 13.2. The quantitative estimate of drug-likeness (QED) is 0.147. The Bertz CT molecular complexity index is 2090. The molecule has 282 valence electrons. The Hall–Kier alpha value is -3.56. The smallest absolute Gasteiger partial charge is 0.297 e. The van der Waals surface area contributed by atoms with Gasteiger partial charge in [-0.25, -0.2) is 0 Å². The molecule has 14 nitrogen and oxygen atoms in total. The van der Waals surface area contributed by atoms with E-state index in [1.165, 1.54) is 97.1 Å². The van der Waals surface area contributed by atoms with E-state index in [2.05, 4.69) is 0 Å². The van der Waals surface area contributed by atoms with Crippen molar-refractivity contribution in [2.75, 3.05) is 13.2 Å². The molecule has 0 aliphatic heterocycles. The molecule has 0 saturated heterocycles. The van der Waals surface area contributed by atoms with Crippen LogP contribution in [-0.2, 0) is 57.2 Å². The van der Waals surface area contributed by atoms with Gasteiger partial charge in [0.2, 0.25) is 0 Å². The minimum absolute atomic E-state index is 0.326. The molecule has 4 rings (SSSR count). The summed E-state index contributed by atoms with van der Waals surface area (Å²) >= 11 is 0. The zero-order valence-electron chi connectivity index (χ0n) is 28.4. The third-order valence-electron chi connectivity index (χ3n) is 7.63. The van der Waals surface area contributed by atoms with Crippen LogP contribution in [0.1, 0.15) is 22.3 Å². The summed E-state index contributed by atoms with van der Waals surface area (Å²) in [5.74, 6) is 0. The first-order valence-electron chi connectivity index (χ1n) is 15.5. The zero-order chi connectivity index (χ0) is 38.5. The van der Waals surface area contributed by atoms with E-state index in [1.807, 2.05) is 0 Å². The van der Waals surface area contributed by atoms with Crippen LogP contribution < -0.4 is 0 Å². The van der Waals surface area contributed by atoms with Gasteiger partial charge in [0, 0.05) is 0 Å². The molecule has 0 radical (unpaired) electrons. The van der Waals surface area contributed by atoms with Crippen LogP contribution in [0.4, 0.5) is 0 Å². The van der Waals surface area contributed by atoms with Crippen LogP contribution in [0, 0.1) is 27.7 Å². The predicted octanol–water partition coefficient (Wildman–Crippen LogP) is 3.30. The molecular formula is C34H38O14S4. The molecule has 0 bridgehead atoms. The monoisotopic (exact) mass is 798 g/mol.